The lowest BCUT2D eigenvalue weighted by Gasteiger charge is -2.22. The SMILES string of the molecule is O=C(O)[C@]12CN(Cc3ccccc3)C[C@@]1(C(F)(F)F)C2. The van der Waals surface area contributed by atoms with Crippen LogP contribution in [0, 0.1) is 10.8 Å². The summed E-state index contributed by atoms with van der Waals surface area (Å²) >= 11 is 0. The zero-order valence-corrected chi connectivity index (χ0v) is 10.7. The van der Waals surface area contributed by atoms with Crippen LogP contribution in [0.25, 0.3) is 0 Å². The van der Waals surface area contributed by atoms with E-state index in [2.05, 4.69) is 0 Å². The van der Waals surface area contributed by atoms with Crippen LogP contribution in [0.5, 0.6) is 0 Å². The van der Waals surface area contributed by atoms with Gasteiger partial charge in [0.15, 0.2) is 0 Å². The fraction of sp³-hybridized carbons (Fsp3) is 0.500. The molecule has 20 heavy (non-hydrogen) atoms. The van der Waals surface area contributed by atoms with Crippen molar-refractivity contribution in [2.45, 2.75) is 19.1 Å². The van der Waals surface area contributed by atoms with E-state index < -0.39 is 23.0 Å². The first-order chi connectivity index (χ1) is 9.31. The van der Waals surface area contributed by atoms with Crippen molar-refractivity contribution in [3.05, 3.63) is 35.9 Å². The fourth-order valence-corrected chi connectivity index (χ4v) is 3.47. The molecule has 1 heterocycles. The molecule has 2 aliphatic rings. The average Bonchev–Trinajstić information content (AvgIpc) is 2.91. The third-order valence-electron chi connectivity index (χ3n) is 4.58. The maximum absolute atomic E-state index is 13.2. The van der Waals surface area contributed by atoms with Gasteiger partial charge in [-0.05, 0) is 12.0 Å². The van der Waals surface area contributed by atoms with Crippen LogP contribution < -0.4 is 0 Å². The lowest BCUT2D eigenvalue weighted by molar-refractivity contribution is -0.196. The number of halogens is 3. The van der Waals surface area contributed by atoms with Gasteiger partial charge in [-0.25, -0.2) is 0 Å². The molecule has 108 valence electrons. The van der Waals surface area contributed by atoms with Crippen LogP contribution in [-0.4, -0.2) is 35.2 Å². The first-order valence-electron chi connectivity index (χ1n) is 6.37. The molecule has 0 radical (unpaired) electrons. The minimum atomic E-state index is -4.46. The summed E-state index contributed by atoms with van der Waals surface area (Å²) in [6, 6.07) is 9.13. The molecular weight excluding hydrogens is 271 g/mol. The molecule has 2 atom stereocenters. The summed E-state index contributed by atoms with van der Waals surface area (Å²) in [5.41, 5.74) is -2.80. The molecule has 1 saturated heterocycles. The van der Waals surface area contributed by atoms with Crippen molar-refractivity contribution in [2.24, 2.45) is 10.8 Å². The predicted molar refractivity (Wildman–Crippen MR) is 64.9 cm³/mol. The van der Waals surface area contributed by atoms with Crippen molar-refractivity contribution in [1.29, 1.82) is 0 Å². The number of fused-ring (bicyclic) bond motifs is 1. The summed E-state index contributed by atoms with van der Waals surface area (Å²) in [7, 11) is 0. The second kappa shape index (κ2) is 3.97. The molecule has 6 heteroatoms. The van der Waals surface area contributed by atoms with E-state index in [0.29, 0.717) is 6.54 Å². The van der Waals surface area contributed by atoms with E-state index in [0.717, 1.165) is 5.56 Å². The van der Waals surface area contributed by atoms with E-state index in [4.69, 9.17) is 0 Å². The molecule has 1 aromatic carbocycles. The van der Waals surface area contributed by atoms with E-state index in [9.17, 15) is 23.1 Å². The van der Waals surface area contributed by atoms with Crippen LogP contribution >= 0.6 is 0 Å². The molecule has 0 unspecified atom stereocenters. The van der Waals surface area contributed by atoms with E-state index in [1.807, 2.05) is 30.3 Å². The number of hydrogen-bond acceptors (Lipinski definition) is 2. The number of benzene rings is 1. The molecule has 3 nitrogen and oxygen atoms in total. The zero-order chi connectivity index (χ0) is 14.6. The van der Waals surface area contributed by atoms with Gasteiger partial charge in [-0.3, -0.25) is 9.69 Å². The van der Waals surface area contributed by atoms with Crippen molar-refractivity contribution in [3.8, 4) is 0 Å². The van der Waals surface area contributed by atoms with Crippen LogP contribution in [0.4, 0.5) is 13.2 Å². The van der Waals surface area contributed by atoms with Gasteiger partial charge in [0.25, 0.3) is 0 Å². The van der Waals surface area contributed by atoms with Gasteiger partial charge in [-0.1, -0.05) is 30.3 Å². The number of hydrogen-bond donors (Lipinski definition) is 1. The fourth-order valence-electron chi connectivity index (χ4n) is 3.47. The number of nitrogens with zero attached hydrogens (tertiary/aromatic N) is 1. The topological polar surface area (TPSA) is 40.5 Å². The Labute approximate surface area is 114 Å². The number of piperidine rings is 1. The molecule has 0 amide bonds. The number of carboxylic acids is 1. The van der Waals surface area contributed by atoms with Gasteiger partial charge in [0.1, 0.15) is 0 Å². The maximum Gasteiger partial charge on any atom is 0.396 e. The maximum atomic E-state index is 13.2. The molecule has 0 spiro atoms. The Kier molecular flexibility index (Phi) is 2.67. The number of carbonyl (C=O) groups is 1. The van der Waals surface area contributed by atoms with Gasteiger partial charge in [0.05, 0.1) is 10.8 Å². The number of likely N-dealkylation sites (tertiary alicyclic amines) is 1. The van der Waals surface area contributed by atoms with Crippen LogP contribution in [0.15, 0.2) is 30.3 Å². The standard InChI is InChI=1S/C14H14F3NO2/c15-14(16,17)13-7-12(13,11(19)20)8-18(9-13)6-10-4-2-1-3-5-10/h1-5H,6-9H2,(H,19,20)/t12-,13-/m0/s1. The Bertz CT molecular complexity index is 545. The van der Waals surface area contributed by atoms with E-state index >= 15 is 0 Å². The first kappa shape index (κ1) is 13.4. The van der Waals surface area contributed by atoms with Gasteiger partial charge in [-0.15, -0.1) is 0 Å². The lowest BCUT2D eigenvalue weighted by atomic mass is 9.96. The smallest absolute Gasteiger partial charge is 0.396 e. The molecule has 2 fully saturated rings. The monoisotopic (exact) mass is 285 g/mol. The minimum absolute atomic E-state index is 0.0310. The van der Waals surface area contributed by atoms with Crippen molar-refractivity contribution in [3.63, 3.8) is 0 Å². The van der Waals surface area contributed by atoms with Crippen LogP contribution in [0.2, 0.25) is 0 Å². The van der Waals surface area contributed by atoms with E-state index in [1.54, 1.807) is 4.90 Å². The molecule has 1 N–H and O–H groups in total. The Morgan fingerprint density at radius 2 is 1.90 bits per heavy atom. The normalized spacial score (nSPS) is 33.0. The van der Waals surface area contributed by atoms with Gasteiger partial charge < -0.3 is 5.11 Å². The van der Waals surface area contributed by atoms with Crippen LogP contribution in [0.1, 0.15) is 12.0 Å². The van der Waals surface area contributed by atoms with Crippen molar-refractivity contribution >= 4 is 5.97 Å². The summed E-state index contributed by atoms with van der Waals surface area (Å²) < 4.78 is 39.6. The Hall–Kier alpha value is -1.56. The van der Waals surface area contributed by atoms with Crippen molar-refractivity contribution in [2.75, 3.05) is 13.1 Å². The second-order valence-electron chi connectivity index (χ2n) is 5.77. The number of carboxylic acid groups (broad SMARTS) is 1. The number of alkyl halides is 3. The average molecular weight is 285 g/mol. The van der Waals surface area contributed by atoms with E-state index in [-0.39, 0.29) is 19.5 Å². The molecule has 1 saturated carbocycles. The molecule has 3 rings (SSSR count). The number of rotatable bonds is 3. The summed E-state index contributed by atoms with van der Waals surface area (Å²) in [5.74, 6) is -1.33. The first-order valence-corrected chi connectivity index (χ1v) is 6.37. The number of aliphatic carboxylic acids is 1. The van der Waals surface area contributed by atoms with Crippen molar-refractivity contribution < 1.29 is 23.1 Å². The third kappa shape index (κ3) is 1.67. The Morgan fingerprint density at radius 1 is 1.25 bits per heavy atom. The summed E-state index contributed by atoms with van der Waals surface area (Å²) in [4.78, 5) is 12.9. The van der Waals surface area contributed by atoms with Crippen molar-refractivity contribution in [1.82, 2.24) is 4.90 Å². The Balaban J connectivity index is 1.82. The summed E-state index contributed by atoms with van der Waals surface area (Å²) in [5, 5.41) is 9.20. The highest BCUT2D eigenvalue weighted by molar-refractivity contribution is 5.81. The van der Waals surface area contributed by atoms with Crippen LogP contribution in [-0.2, 0) is 11.3 Å². The molecule has 0 aromatic heterocycles. The molecular formula is C14H14F3NO2. The predicted octanol–water partition coefficient (Wildman–Crippen LogP) is 2.53. The highest BCUT2D eigenvalue weighted by Gasteiger charge is 2.86. The van der Waals surface area contributed by atoms with Crippen LogP contribution in [0.3, 0.4) is 0 Å². The summed E-state index contributed by atoms with van der Waals surface area (Å²) in [6.45, 7) is 0.0993. The quantitative estimate of drug-likeness (QED) is 0.927. The minimum Gasteiger partial charge on any atom is -0.481 e. The van der Waals surface area contributed by atoms with Gasteiger partial charge >= 0.3 is 12.1 Å². The molecule has 1 aromatic rings. The van der Waals surface area contributed by atoms with E-state index in [1.165, 1.54) is 0 Å². The summed E-state index contributed by atoms with van der Waals surface area (Å²) in [6.07, 6.45) is -4.75. The zero-order valence-electron chi connectivity index (χ0n) is 10.7. The van der Waals surface area contributed by atoms with Gasteiger partial charge in [0, 0.05) is 19.6 Å². The largest absolute Gasteiger partial charge is 0.481 e. The lowest BCUT2D eigenvalue weighted by Crippen LogP contribution is -2.34. The molecule has 1 aliphatic heterocycles. The molecule has 1 aliphatic carbocycles. The third-order valence-corrected chi connectivity index (χ3v) is 4.58. The molecule has 0 bridgehead atoms. The highest BCUT2D eigenvalue weighted by Crippen LogP contribution is 2.74. The Morgan fingerprint density at radius 3 is 2.40 bits per heavy atom. The highest BCUT2D eigenvalue weighted by atomic mass is 19.4. The van der Waals surface area contributed by atoms with Gasteiger partial charge in [0.2, 0.25) is 0 Å². The second-order valence-corrected chi connectivity index (χ2v) is 5.77. The van der Waals surface area contributed by atoms with Gasteiger partial charge in [-0.2, -0.15) is 13.2 Å².